The highest BCUT2D eigenvalue weighted by atomic mass is 32.2. The van der Waals surface area contributed by atoms with E-state index in [1.54, 1.807) is 0 Å². The van der Waals surface area contributed by atoms with E-state index < -0.39 is 15.8 Å². The van der Waals surface area contributed by atoms with Gasteiger partial charge in [0.25, 0.3) is 0 Å². The molecule has 0 bridgehead atoms. The summed E-state index contributed by atoms with van der Waals surface area (Å²) in [6.07, 6.45) is 5.83. The van der Waals surface area contributed by atoms with E-state index in [0.29, 0.717) is 18.5 Å². The van der Waals surface area contributed by atoms with Crippen molar-refractivity contribution in [3.05, 3.63) is 29.1 Å². The van der Waals surface area contributed by atoms with Crippen LogP contribution in [0.15, 0.2) is 17.0 Å². The van der Waals surface area contributed by atoms with Gasteiger partial charge in [0.2, 0.25) is 10.0 Å². The van der Waals surface area contributed by atoms with E-state index in [4.69, 9.17) is 12.2 Å². The second-order valence-corrected chi connectivity index (χ2v) is 6.35. The lowest BCUT2D eigenvalue weighted by Gasteiger charge is -2.21. The third-order valence-corrected chi connectivity index (χ3v) is 4.92. The molecule has 0 unspecified atom stereocenters. The molecular formula is C14H19FN2O2S. The summed E-state index contributed by atoms with van der Waals surface area (Å²) in [5.74, 6) is 1.74. The van der Waals surface area contributed by atoms with Crippen molar-refractivity contribution < 1.29 is 12.8 Å². The average Bonchev–Trinajstić information content (AvgIpc) is 2.41. The van der Waals surface area contributed by atoms with Crippen LogP contribution in [0.4, 0.5) is 4.39 Å². The molecule has 2 N–H and O–H groups in total. The molecule has 0 amide bonds. The minimum atomic E-state index is -3.82. The van der Waals surface area contributed by atoms with Gasteiger partial charge >= 0.3 is 0 Å². The fourth-order valence-electron chi connectivity index (χ4n) is 1.87. The molecule has 0 aliphatic carbocycles. The highest BCUT2D eigenvalue weighted by molar-refractivity contribution is 7.89. The summed E-state index contributed by atoms with van der Waals surface area (Å²) in [6.45, 7) is 3.61. The lowest BCUT2D eigenvalue weighted by molar-refractivity contribution is 0.444. The van der Waals surface area contributed by atoms with Gasteiger partial charge in [0.05, 0.1) is 11.4 Å². The van der Waals surface area contributed by atoms with Crippen LogP contribution in [0.2, 0.25) is 0 Å². The molecule has 6 heteroatoms. The first-order valence-corrected chi connectivity index (χ1v) is 7.75. The van der Waals surface area contributed by atoms with Crippen molar-refractivity contribution in [2.24, 2.45) is 5.73 Å². The Morgan fingerprint density at radius 1 is 1.45 bits per heavy atom. The second kappa shape index (κ2) is 6.84. The van der Waals surface area contributed by atoms with Gasteiger partial charge in [-0.25, -0.2) is 12.8 Å². The maximum absolute atomic E-state index is 13.8. The van der Waals surface area contributed by atoms with Gasteiger partial charge in [0, 0.05) is 18.7 Å². The van der Waals surface area contributed by atoms with E-state index in [0.717, 1.165) is 0 Å². The van der Waals surface area contributed by atoms with E-state index in [1.807, 2.05) is 6.92 Å². The first-order valence-electron chi connectivity index (χ1n) is 6.31. The van der Waals surface area contributed by atoms with E-state index >= 15 is 0 Å². The summed E-state index contributed by atoms with van der Waals surface area (Å²) in [5, 5.41) is 0. The first kappa shape index (κ1) is 16.6. The van der Waals surface area contributed by atoms with Gasteiger partial charge in [-0.3, -0.25) is 0 Å². The molecule has 0 spiro atoms. The molecule has 0 aliphatic rings. The lowest BCUT2D eigenvalue weighted by atomic mass is 10.1. The maximum atomic E-state index is 13.8. The highest BCUT2D eigenvalue weighted by Crippen LogP contribution is 2.24. The molecule has 110 valence electrons. The molecule has 0 saturated heterocycles. The number of halogens is 1. The van der Waals surface area contributed by atoms with Crippen molar-refractivity contribution in [3.8, 4) is 12.3 Å². The molecule has 0 fully saturated rings. The minimum absolute atomic E-state index is 0.0376. The third kappa shape index (κ3) is 3.37. The van der Waals surface area contributed by atoms with E-state index in [-0.39, 0.29) is 23.5 Å². The Hall–Kier alpha value is -1.42. The Morgan fingerprint density at radius 2 is 2.10 bits per heavy atom. The Morgan fingerprint density at radius 3 is 2.60 bits per heavy atom. The van der Waals surface area contributed by atoms with Crippen LogP contribution in [0.25, 0.3) is 0 Å². The van der Waals surface area contributed by atoms with Gasteiger partial charge in [-0.05, 0) is 31.0 Å². The van der Waals surface area contributed by atoms with Gasteiger partial charge < -0.3 is 5.73 Å². The van der Waals surface area contributed by atoms with Crippen LogP contribution in [0.1, 0.15) is 24.5 Å². The van der Waals surface area contributed by atoms with Crippen LogP contribution in [0.5, 0.6) is 0 Å². The Balaban J connectivity index is 3.40. The van der Waals surface area contributed by atoms with Gasteiger partial charge in [0.1, 0.15) is 5.82 Å². The van der Waals surface area contributed by atoms with Crippen LogP contribution >= 0.6 is 0 Å². The quantitative estimate of drug-likeness (QED) is 0.812. The van der Waals surface area contributed by atoms with Gasteiger partial charge in [-0.1, -0.05) is 12.8 Å². The summed E-state index contributed by atoms with van der Waals surface area (Å²) in [4.78, 5) is -0.0679. The molecule has 0 radical (unpaired) electrons. The number of rotatable bonds is 6. The number of benzene rings is 1. The van der Waals surface area contributed by atoms with Crippen molar-refractivity contribution >= 4 is 10.0 Å². The number of terminal acetylenes is 1. The summed E-state index contributed by atoms with van der Waals surface area (Å²) in [6, 6.07) is 2.66. The Labute approximate surface area is 119 Å². The SMILES string of the molecule is C#CCN(CCC)S(=O)(=O)c1cc(CN)cc(F)c1C. The van der Waals surface area contributed by atoms with Crippen LogP contribution in [0, 0.1) is 25.1 Å². The fourth-order valence-corrected chi connectivity index (χ4v) is 3.60. The number of sulfonamides is 1. The summed E-state index contributed by atoms with van der Waals surface area (Å²) in [5.41, 5.74) is 5.98. The van der Waals surface area contributed by atoms with Gasteiger partial charge in [-0.2, -0.15) is 4.31 Å². The summed E-state index contributed by atoms with van der Waals surface area (Å²) >= 11 is 0. The molecule has 1 rings (SSSR count). The largest absolute Gasteiger partial charge is 0.326 e. The van der Waals surface area contributed by atoms with Crippen molar-refractivity contribution in [1.29, 1.82) is 0 Å². The van der Waals surface area contributed by atoms with Crippen molar-refractivity contribution in [3.63, 3.8) is 0 Å². The minimum Gasteiger partial charge on any atom is -0.326 e. The van der Waals surface area contributed by atoms with E-state index in [9.17, 15) is 12.8 Å². The molecule has 1 aromatic carbocycles. The van der Waals surface area contributed by atoms with Crippen LogP contribution < -0.4 is 5.73 Å². The molecular weight excluding hydrogens is 279 g/mol. The first-order chi connectivity index (χ1) is 9.38. The van der Waals surface area contributed by atoms with Crippen molar-refractivity contribution in [2.75, 3.05) is 13.1 Å². The van der Waals surface area contributed by atoms with Gasteiger partial charge in [0.15, 0.2) is 0 Å². The predicted molar refractivity (Wildman–Crippen MR) is 76.9 cm³/mol. The molecule has 1 aromatic rings. The molecule has 0 heterocycles. The number of nitrogens with zero attached hydrogens (tertiary/aromatic N) is 1. The fraction of sp³-hybridized carbons (Fsp3) is 0.429. The molecule has 0 saturated carbocycles. The Kier molecular flexibility index (Phi) is 5.69. The normalized spacial score (nSPS) is 11.6. The monoisotopic (exact) mass is 298 g/mol. The maximum Gasteiger partial charge on any atom is 0.244 e. The smallest absolute Gasteiger partial charge is 0.244 e. The van der Waals surface area contributed by atoms with Crippen molar-refractivity contribution in [1.82, 2.24) is 4.31 Å². The molecule has 0 atom stereocenters. The molecule has 20 heavy (non-hydrogen) atoms. The number of nitrogens with two attached hydrogens (primary N) is 1. The van der Waals surface area contributed by atoms with Crippen LogP contribution in [-0.4, -0.2) is 25.8 Å². The zero-order valence-electron chi connectivity index (χ0n) is 11.7. The van der Waals surface area contributed by atoms with E-state index in [2.05, 4.69) is 5.92 Å². The van der Waals surface area contributed by atoms with Gasteiger partial charge in [-0.15, -0.1) is 6.42 Å². The molecule has 0 aliphatic heterocycles. The number of hydrogen-bond acceptors (Lipinski definition) is 3. The van der Waals surface area contributed by atoms with Crippen LogP contribution in [0.3, 0.4) is 0 Å². The topological polar surface area (TPSA) is 63.4 Å². The zero-order chi connectivity index (χ0) is 15.3. The third-order valence-electron chi connectivity index (χ3n) is 2.95. The second-order valence-electron chi connectivity index (χ2n) is 4.45. The standard InChI is InChI=1S/C14H19FN2O2S/c1-4-6-17(7-5-2)20(18,19)14-9-12(10-16)8-13(15)11(14)3/h1,8-9H,5-7,10,16H2,2-3H3. The lowest BCUT2D eigenvalue weighted by Crippen LogP contribution is -2.33. The number of hydrogen-bond donors (Lipinski definition) is 1. The summed E-state index contributed by atoms with van der Waals surface area (Å²) < 4.78 is 40.1. The molecule has 4 nitrogen and oxygen atoms in total. The Bertz CT molecular complexity index is 621. The molecule has 0 aromatic heterocycles. The van der Waals surface area contributed by atoms with Crippen molar-refractivity contribution in [2.45, 2.75) is 31.7 Å². The van der Waals surface area contributed by atoms with E-state index in [1.165, 1.54) is 23.4 Å². The average molecular weight is 298 g/mol. The highest BCUT2D eigenvalue weighted by Gasteiger charge is 2.26. The zero-order valence-corrected chi connectivity index (χ0v) is 12.5. The predicted octanol–water partition coefficient (Wildman–Crippen LogP) is 1.63. The van der Waals surface area contributed by atoms with Crippen LogP contribution in [-0.2, 0) is 16.6 Å². The summed E-state index contributed by atoms with van der Waals surface area (Å²) in [7, 11) is -3.82.